The van der Waals surface area contributed by atoms with Crippen molar-refractivity contribution in [1.82, 2.24) is 10.2 Å². The van der Waals surface area contributed by atoms with Crippen LogP contribution < -0.4 is 5.32 Å². The lowest BCUT2D eigenvalue weighted by atomic mass is 10.0. The van der Waals surface area contributed by atoms with Crippen molar-refractivity contribution in [1.29, 1.82) is 0 Å². The van der Waals surface area contributed by atoms with Crippen molar-refractivity contribution < 1.29 is 4.79 Å². The fourth-order valence-electron chi connectivity index (χ4n) is 2.00. The van der Waals surface area contributed by atoms with E-state index in [1.54, 1.807) is 14.0 Å². The van der Waals surface area contributed by atoms with Gasteiger partial charge in [0, 0.05) is 12.6 Å². The highest BCUT2D eigenvalue weighted by atomic mass is 16.1. The molecule has 0 bridgehead atoms. The highest BCUT2D eigenvalue weighted by Crippen LogP contribution is 2.16. The number of carbonyl (C=O) groups is 1. The predicted molar refractivity (Wildman–Crippen MR) is 65.9 cm³/mol. The fraction of sp³-hybridized carbons (Fsp3) is 0.615. The molecule has 1 N–H and O–H groups in total. The van der Waals surface area contributed by atoms with Gasteiger partial charge in [-0.3, -0.25) is 9.69 Å². The summed E-state index contributed by atoms with van der Waals surface area (Å²) in [4.78, 5) is 13.8. The summed E-state index contributed by atoms with van der Waals surface area (Å²) in [6.45, 7) is 7.68. The predicted octanol–water partition coefficient (Wildman–Crippen LogP) is 1.17. The Balaban J connectivity index is 2.75. The molecule has 3 heteroatoms. The molecule has 1 aliphatic rings. The maximum atomic E-state index is 11.6. The van der Waals surface area contributed by atoms with Gasteiger partial charge in [0.15, 0.2) is 0 Å². The van der Waals surface area contributed by atoms with E-state index >= 15 is 0 Å². The number of nitrogens with zero attached hydrogens (tertiary/aromatic N) is 1. The molecule has 0 aromatic heterocycles. The van der Waals surface area contributed by atoms with Crippen molar-refractivity contribution in [2.24, 2.45) is 0 Å². The maximum absolute atomic E-state index is 11.6. The number of likely N-dealkylation sites (tertiary alicyclic amines) is 1. The molecule has 1 atom stereocenters. The van der Waals surface area contributed by atoms with Gasteiger partial charge in [-0.1, -0.05) is 18.9 Å². The minimum Gasteiger partial charge on any atom is -0.355 e. The standard InChI is InChI=1S/C13H20N2O/c1-4-8-12(11(2)13(16)14-3)15-9-6-5-7-10-15/h12H,2,5-7,9-10H2,1,3H3,(H,14,16). The van der Waals surface area contributed by atoms with Gasteiger partial charge in [0.1, 0.15) is 6.04 Å². The SMILES string of the molecule is C=C(C(=O)NC)C(C#CC)N1CCCCC1. The van der Waals surface area contributed by atoms with Crippen molar-refractivity contribution >= 4 is 5.91 Å². The van der Waals surface area contributed by atoms with Crippen LogP contribution in [0.25, 0.3) is 0 Å². The third kappa shape index (κ3) is 3.11. The first kappa shape index (κ1) is 12.8. The summed E-state index contributed by atoms with van der Waals surface area (Å²) in [6.07, 6.45) is 3.64. The molecule has 16 heavy (non-hydrogen) atoms. The minimum absolute atomic E-state index is 0.113. The first-order chi connectivity index (χ1) is 7.70. The van der Waals surface area contributed by atoms with Gasteiger partial charge in [0.2, 0.25) is 5.91 Å². The van der Waals surface area contributed by atoms with Crippen LogP contribution >= 0.6 is 0 Å². The topological polar surface area (TPSA) is 32.3 Å². The van der Waals surface area contributed by atoms with Gasteiger partial charge in [-0.2, -0.15) is 0 Å². The van der Waals surface area contributed by atoms with Crippen molar-refractivity contribution in [3.8, 4) is 11.8 Å². The summed E-state index contributed by atoms with van der Waals surface area (Å²) in [5.74, 6) is 5.86. The summed E-state index contributed by atoms with van der Waals surface area (Å²) >= 11 is 0. The number of rotatable bonds is 3. The summed E-state index contributed by atoms with van der Waals surface area (Å²) in [5, 5.41) is 2.61. The van der Waals surface area contributed by atoms with Crippen LogP contribution in [-0.4, -0.2) is 37.0 Å². The first-order valence-corrected chi connectivity index (χ1v) is 5.78. The van der Waals surface area contributed by atoms with Crippen LogP contribution in [0.15, 0.2) is 12.2 Å². The zero-order valence-corrected chi connectivity index (χ0v) is 10.2. The molecule has 0 radical (unpaired) electrons. The van der Waals surface area contributed by atoms with Crippen LogP contribution in [0.4, 0.5) is 0 Å². The van der Waals surface area contributed by atoms with Crippen molar-refractivity contribution in [2.45, 2.75) is 32.2 Å². The van der Waals surface area contributed by atoms with E-state index in [2.05, 4.69) is 28.6 Å². The quantitative estimate of drug-likeness (QED) is 0.572. The Morgan fingerprint density at radius 2 is 2.00 bits per heavy atom. The summed E-state index contributed by atoms with van der Waals surface area (Å²) in [6, 6.07) is -0.120. The van der Waals surface area contributed by atoms with Crippen LogP contribution in [-0.2, 0) is 4.79 Å². The number of carbonyl (C=O) groups excluding carboxylic acids is 1. The lowest BCUT2D eigenvalue weighted by molar-refractivity contribution is -0.117. The Hall–Kier alpha value is -1.27. The third-order valence-corrected chi connectivity index (χ3v) is 2.89. The number of piperidine rings is 1. The van der Waals surface area contributed by atoms with Gasteiger partial charge in [0.25, 0.3) is 0 Å². The van der Waals surface area contributed by atoms with Gasteiger partial charge in [-0.15, -0.1) is 5.92 Å². The van der Waals surface area contributed by atoms with E-state index in [0.717, 1.165) is 13.1 Å². The molecular weight excluding hydrogens is 200 g/mol. The molecule has 1 aliphatic heterocycles. The molecule has 0 aliphatic carbocycles. The number of hydrogen-bond donors (Lipinski definition) is 1. The minimum atomic E-state index is -0.120. The van der Waals surface area contributed by atoms with Gasteiger partial charge in [-0.25, -0.2) is 0 Å². The number of amides is 1. The summed E-state index contributed by atoms with van der Waals surface area (Å²) in [7, 11) is 1.63. The first-order valence-electron chi connectivity index (χ1n) is 5.78. The largest absolute Gasteiger partial charge is 0.355 e. The average molecular weight is 220 g/mol. The zero-order chi connectivity index (χ0) is 12.0. The molecule has 1 unspecified atom stereocenters. The number of hydrogen-bond acceptors (Lipinski definition) is 2. The van der Waals surface area contributed by atoms with Crippen molar-refractivity contribution in [2.75, 3.05) is 20.1 Å². The molecule has 88 valence electrons. The molecule has 1 rings (SSSR count). The Labute approximate surface area is 97.9 Å². The Morgan fingerprint density at radius 3 is 2.50 bits per heavy atom. The normalized spacial score (nSPS) is 18.1. The second kappa shape index (κ2) is 6.34. The molecule has 0 saturated carbocycles. The Kier molecular flexibility index (Phi) is 5.07. The molecule has 3 nitrogen and oxygen atoms in total. The number of likely N-dealkylation sites (N-methyl/N-ethyl adjacent to an activating group) is 1. The Bertz CT molecular complexity index is 319. The molecule has 1 fully saturated rings. The van der Waals surface area contributed by atoms with E-state index in [4.69, 9.17) is 0 Å². The van der Waals surface area contributed by atoms with Gasteiger partial charge in [-0.05, 0) is 32.9 Å². The van der Waals surface area contributed by atoms with Crippen molar-refractivity contribution in [3.63, 3.8) is 0 Å². The van der Waals surface area contributed by atoms with E-state index in [9.17, 15) is 4.79 Å². The smallest absolute Gasteiger partial charge is 0.248 e. The molecule has 0 aromatic rings. The van der Waals surface area contributed by atoms with E-state index in [1.807, 2.05) is 0 Å². The van der Waals surface area contributed by atoms with Crippen LogP contribution in [0, 0.1) is 11.8 Å². The third-order valence-electron chi connectivity index (χ3n) is 2.89. The molecule has 1 heterocycles. The maximum Gasteiger partial charge on any atom is 0.248 e. The lowest BCUT2D eigenvalue weighted by Gasteiger charge is -2.32. The second-order valence-corrected chi connectivity index (χ2v) is 4.00. The summed E-state index contributed by atoms with van der Waals surface area (Å²) in [5.41, 5.74) is 0.554. The van der Waals surface area contributed by atoms with Gasteiger partial charge in [0.05, 0.1) is 0 Å². The van der Waals surface area contributed by atoms with Crippen molar-refractivity contribution in [3.05, 3.63) is 12.2 Å². The van der Waals surface area contributed by atoms with Crippen LogP contribution in [0.1, 0.15) is 26.2 Å². The summed E-state index contributed by atoms with van der Waals surface area (Å²) < 4.78 is 0. The van der Waals surface area contributed by atoms with E-state index in [1.165, 1.54) is 19.3 Å². The second-order valence-electron chi connectivity index (χ2n) is 4.00. The highest BCUT2D eigenvalue weighted by Gasteiger charge is 2.24. The van der Waals surface area contributed by atoms with Crippen LogP contribution in [0.2, 0.25) is 0 Å². The monoisotopic (exact) mass is 220 g/mol. The van der Waals surface area contributed by atoms with Gasteiger partial charge < -0.3 is 5.32 Å². The molecule has 0 spiro atoms. The Morgan fingerprint density at radius 1 is 1.38 bits per heavy atom. The molecule has 1 amide bonds. The van der Waals surface area contributed by atoms with Crippen LogP contribution in [0.3, 0.4) is 0 Å². The van der Waals surface area contributed by atoms with E-state index < -0.39 is 0 Å². The fourth-order valence-corrected chi connectivity index (χ4v) is 2.00. The van der Waals surface area contributed by atoms with E-state index in [0.29, 0.717) is 5.57 Å². The average Bonchev–Trinajstić information content (AvgIpc) is 2.35. The number of nitrogens with one attached hydrogen (secondary N) is 1. The zero-order valence-electron chi connectivity index (χ0n) is 10.2. The molecule has 1 saturated heterocycles. The van der Waals surface area contributed by atoms with Crippen LogP contribution in [0.5, 0.6) is 0 Å². The highest BCUT2D eigenvalue weighted by molar-refractivity contribution is 5.94. The molecular formula is C13H20N2O. The molecule has 0 aromatic carbocycles. The van der Waals surface area contributed by atoms with Gasteiger partial charge >= 0.3 is 0 Å². The lowest BCUT2D eigenvalue weighted by Crippen LogP contribution is -2.42. The van der Waals surface area contributed by atoms with E-state index in [-0.39, 0.29) is 11.9 Å².